The van der Waals surface area contributed by atoms with Crippen molar-refractivity contribution in [2.45, 2.75) is 20.0 Å². The van der Waals surface area contributed by atoms with Gasteiger partial charge in [-0.1, -0.05) is 17.4 Å². The minimum atomic E-state index is -4.58. The maximum atomic E-state index is 12.6. The van der Waals surface area contributed by atoms with Gasteiger partial charge in [0.05, 0.1) is 15.1 Å². The van der Waals surface area contributed by atoms with E-state index in [0.717, 1.165) is 34.0 Å². The molecule has 0 fully saturated rings. The van der Waals surface area contributed by atoms with Crippen molar-refractivity contribution in [3.63, 3.8) is 0 Å². The number of carbonyl (C=O) groups is 1. The zero-order chi connectivity index (χ0) is 21.3. The number of aryl methyl sites for hydroxylation is 2. The van der Waals surface area contributed by atoms with Crippen LogP contribution >= 0.6 is 11.3 Å². The van der Waals surface area contributed by atoms with Crippen LogP contribution in [0, 0.1) is 24.0 Å². The first-order chi connectivity index (χ1) is 13.5. The molecule has 1 aromatic heterocycles. The molecule has 0 bridgehead atoms. The Kier molecular flexibility index (Phi) is 5.42. The molecule has 3 rings (SSSR count). The van der Waals surface area contributed by atoms with Crippen LogP contribution in [0.25, 0.3) is 10.2 Å². The number of fused-ring (bicyclic) bond motifs is 1. The van der Waals surface area contributed by atoms with E-state index in [4.69, 9.17) is 0 Å². The summed E-state index contributed by atoms with van der Waals surface area (Å²) in [5.74, 6) is -1.18. The van der Waals surface area contributed by atoms with Gasteiger partial charge in [0.2, 0.25) is 0 Å². The van der Waals surface area contributed by atoms with Gasteiger partial charge in [-0.2, -0.15) is 13.2 Å². The SMILES string of the molecule is Cc1cc(C)c2nc(NC(=O)c3cc(OCC(F)(F)F)ccc3[N+](=O)[O-])sc2c1. The molecule has 0 radical (unpaired) electrons. The van der Waals surface area contributed by atoms with Crippen LogP contribution in [-0.4, -0.2) is 28.6 Å². The molecule has 29 heavy (non-hydrogen) atoms. The number of benzene rings is 2. The van der Waals surface area contributed by atoms with Crippen molar-refractivity contribution in [1.29, 1.82) is 0 Å². The zero-order valence-electron chi connectivity index (χ0n) is 15.2. The van der Waals surface area contributed by atoms with E-state index in [1.54, 1.807) is 0 Å². The van der Waals surface area contributed by atoms with Crippen molar-refractivity contribution in [2.75, 3.05) is 11.9 Å². The monoisotopic (exact) mass is 425 g/mol. The first kappa shape index (κ1) is 20.5. The number of nitrogens with zero attached hydrogens (tertiary/aromatic N) is 2. The lowest BCUT2D eigenvalue weighted by atomic mass is 10.1. The second-order valence-electron chi connectivity index (χ2n) is 6.24. The highest BCUT2D eigenvalue weighted by Crippen LogP contribution is 2.31. The minimum Gasteiger partial charge on any atom is -0.484 e. The fraction of sp³-hybridized carbons (Fsp3) is 0.222. The van der Waals surface area contributed by atoms with Crippen molar-refractivity contribution >= 4 is 38.3 Å². The Morgan fingerprint density at radius 1 is 1.28 bits per heavy atom. The van der Waals surface area contributed by atoms with Crippen LogP contribution < -0.4 is 10.1 Å². The number of carbonyl (C=O) groups excluding carboxylic acids is 1. The maximum absolute atomic E-state index is 12.6. The van der Waals surface area contributed by atoms with Crippen LogP contribution in [0.4, 0.5) is 24.0 Å². The molecular formula is C18H14F3N3O4S. The Bertz CT molecular complexity index is 1110. The highest BCUT2D eigenvalue weighted by atomic mass is 32.1. The number of rotatable bonds is 5. The lowest BCUT2D eigenvalue weighted by Gasteiger charge is -2.10. The standard InChI is InChI=1S/C18H14F3N3O4S/c1-9-5-10(2)15-14(6-9)29-17(22-15)23-16(25)12-7-11(28-8-18(19,20)21)3-4-13(12)24(26)27/h3-7H,8H2,1-2H3,(H,22,23,25). The summed E-state index contributed by atoms with van der Waals surface area (Å²) in [4.78, 5) is 27.3. The minimum absolute atomic E-state index is 0.217. The Balaban J connectivity index is 1.90. The number of alkyl halides is 3. The van der Waals surface area contributed by atoms with Gasteiger partial charge in [0.1, 0.15) is 11.3 Å². The third kappa shape index (κ3) is 4.80. The molecule has 0 aliphatic rings. The van der Waals surface area contributed by atoms with Gasteiger partial charge in [0.25, 0.3) is 11.6 Å². The Labute approximate surface area is 166 Å². The molecule has 0 spiro atoms. The van der Waals surface area contributed by atoms with Gasteiger partial charge in [0.15, 0.2) is 11.7 Å². The average Bonchev–Trinajstić information content (AvgIpc) is 3.01. The predicted molar refractivity (Wildman–Crippen MR) is 102 cm³/mol. The quantitative estimate of drug-likeness (QED) is 0.458. The molecule has 0 atom stereocenters. The molecule has 11 heteroatoms. The van der Waals surface area contributed by atoms with Crippen LogP contribution in [0.2, 0.25) is 0 Å². The van der Waals surface area contributed by atoms with Crippen LogP contribution in [0.5, 0.6) is 5.75 Å². The lowest BCUT2D eigenvalue weighted by Crippen LogP contribution is -2.20. The van der Waals surface area contributed by atoms with Crippen molar-refractivity contribution in [1.82, 2.24) is 4.98 Å². The number of thiazole rings is 1. The molecule has 2 aromatic carbocycles. The second kappa shape index (κ2) is 7.66. The summed E-state index contributed by atoms with van der Waals surface area (Å²) in [6, 6.07) is 6.66. The van der Waals surface area contributed by atoms with Gasteiger partial charge < -0.3 is 4.74 Å². The summed E-state index contributed by atoms with van der Waals surface area (Å²) in [6.45, 7) is 2.20. The molecule has 0 aliphatic heterocycles. The van der Waals surface area contributed by atoms with Crippen LogP contribution in [0.1, 0.15) is 21.5 Å². The summed E-state index contributed by atoms with van der Waals surface area (Å²) in [5.41, 5.74) is 1.62. The van der Waals surface area contributed by atoms with Gasteiger partial charge in [-0.3, -0.25) is 20.2 Å². The Hall–Kier alpha value is -3.21. The highest BCUT2D eigenvalue weighted by Gasteiger charge is 2.29. The van der Waals surface area contributed by atoms with E-state index in [-0.39, 0.29) is 10.9 Å². The third-order valence-electron chi connectivity index (χ3n) is 3.86. The number of amides is 1. The number of anilines is 1. The molecule has 152 valence electrons. The number of nitro groups is 1. The van der Waals surface area contributed by atoms with Gasteiger partial charge >= 0.3 is 6.18 Å². The predicted octanol–water partition coefficient (Wildman–Crippen LogP) is 5.01. The highest BCUT2D eigenvalue weighted by molar-refractivity contribution is 7.22. The van der Waals surface area contributed by atoms with Crippen LogP contribution in [-0.2, 0) is 0 Å². The molecule has 1 amide bonds. The Morgan fingerprint density at radius 3 is 2.66 bits per heavy atom. The maximum Gasteiger partial charge on any atom is 0.422 e. The Morgan fingerprint density at radius 2 is 2.00 bits per heavy atom. The number of nitro benzene ring substituents is 1. The lowest BCUT2D eigenvalue weighted by molar-refractivity contribution is -0.385. The van der Waals surface area contributed by atoms with E-state index < -0.39 is 34.9 Å². The normalized spacial score (nSPS) is 11.5. The summed E-state index contributed by atoms with van der Waals surface area (Å²) in [5, 5.41) is 13.9. The van der Waals surface area contributed by atoms with Crippen molar-refractivity contribution < 1.29 is 27.6 Å². The summed E-state index contributed by atoms with van der Waals surface area (Å²) >= 11 is 1.19. The van der Waals surface area contributed by atoms with E-state index in [0.29, 0.717) is 5.52 Å². The van der Waals surface area contributed by atoms with E-state index >= 15 is 0 Å². The first-order valence-corrected chi connectivity index (χ1v) is 9.02. The van der Waals surface area contributed by atoms with E-state index in [1.807, 2.05) is 26.0 Å². The van der Waals surface area contributed by atoms with E-state index in [1.165, 1.54) is 11.3 Å². The smallest absolute Gasteiger partial charge is 0.422 e. The van der Waals surface area contributed by atoms with Crippen LogP contribution in [0.15, 0.2) is 30.3 Å². The molecule has 7 nitrogen and oxygen atoms in total. The van der Waals surface area contributed by atoms with E-state index in [2.05, 4.69) is 15.0 Å². The molecule has 0 aliphatic carbocycles. The molecular weight excluding hydrogens is 411 g/mol. The number of ether oxygens (including phenoxy) is 1. The number of nitrogens with one attached hydrogen (secondary N) is 1. The topological polar surface area (TPSA) is 94.4 Å². The first-order valence-electron chi connectivity index (χ1n) is 8.20. The number of hydrogen-bond acceptors (Lipinski definition) is 6. The van der Waals surface area contributed by atoms with Crippen molar-refractivity contribution in [3.8, 4) is 5.75 Å². The summed E-state index contributed by atoms with van der Waals surface area (Å²) < 4.78 is 42.4. The fourth-order valence-corrected chi connectivity index (χ4v) is 3.74. The van der Waals surface area contributed by atoms with Crippen molar-refractivity contribution in [2.24, 2.45) is 0 Å². The summed E-state index contributed by atoms with van der Waals surface area (Å²) in [7, 11) is 0. The third-order valence-corrected chi connectivity index (χ3v) is 4.78. The largest absolute Gasteiger partial charge is 0.484 e. The van der Waals surface area contributed by atoms with Crippen LogP contribution in [0.3, 0.4) is 0 Å². The molecule has 1 heterocycles. The van der Waals surface area contributed by atoms with Gasteiger partial charge in [-0.15, -0.1) is 0 Å². The number of aromatic nitrogens is 1. The fourth-order valence-electron chi connectivity index (χ4n) is 2.70. The number of hydrogen-bond donors (Lipinski definition) is 1. The molecule has 0 saturated heterocycles. The second-order valence-corrected chi connectivity index (χ2v) is 7.27. The molecule has 0 saturated carbocycles. The van der Waals surface area contributed by atoms with Gasteiger partial charge in [0, 0.05) is 6.07 Å². The zero-order valence-corrected chi connectivity index (χ0v) is 16.0. The number of halogens is 3. The molecule has 0 unspecified atom stereocenters. The average molecular weight is 425 g/mol. The molecule has 3 aromatic rings. The summed E-state index contributed by atoms with van der Waals surface area (Å²) in [6.07, 6.45) is -4.58. The van der Waals surface area contributed by atoms with Gasteiger partial charge in [-0.25, -0.2) is 4.98 Å². The van der Waals surface area contributed by atoms with Gasteiger partial charge in [-0.05, 0) is 43.2 Å². The van der Waals surface area contributed by atoms with Crippen molar-refractivity contribution in [3.05, 3.63) is 57.1 Å². The molecule has 1 N–H and O–H groups in total. The van der Waals surface area contributed by atoms with E-state index in [9.17, 15) is 28.1 Å².